The Morgan fingerprint density at radius 2 is 1.93 bits per heavy atom. The van der Waals surface area contributed by atoms with Crippen molar-refractivity contribution in [2.75, 3.05) is 23.3 Å². The minimum Gasteiger partial charge on any atom is -0.370 e. The first-order chi connectivity index (χ1) is 12.8. The van der Waals surface area contributed by atoms with Crippen molar-refractivity contribution in [2.24, 2.45) is 10.7 Å². The fraction of sp³-hybridized carbons (Fsp3) is 0.429. The van der Waals surface area contributed by atoms with E-state index in [2.05, 4.69) is 44.5 Å². The van der Waals surface area contributed by atoms with Crippen molar-refractivity contribution < 1.29 is 0 Å². The predicted molar refractivity (Wildman–Crippen MR) is 123 cm³/mol. The molecule has 0 spiro atoms. The van der Waals surface area contributed by atoms with Crippen molar-refractivity contribution in [2.45, 2.75) is 45.1 Å². The van der Waals surface area contributed by atoms with E-state index >= 15 is 0 Å². The van der Waals surface area contributed by atoms with Gasteiger partial charge in [-0.25, -0.2) is 9.98 Å². The molecule has 1 aromatic carbocycles. The average molecular weight is 477 g/mol. The molecular formula is C21H28IN5. The third kappa shape index (κ3) is 4.91. The van der Waals surface area contributed by atoms with Crippen molar-refractivity contribution >= 4 is 41.4 Å². The van der Waals surface area contributed by atoms with E-state index in [1.54, 1.807) is 0 Å². The fourth-order valence-electron chi connectivity index (χ4n) is 3.93. The van der Waals surface area contributed by atoms with Crippen LogP contribution in [0.5, 0.6) is 0 Å². The Hall–Kier alpha value is -1.83. The smallest absolute Gasteiger partial charge is 0.193 e. The van der Waals surface area contributed by atoms with Gasteiger partial charge in [0.1, 0.15) is 5.82 Å². The second kappa shape index (κ2) is 9.39. The third-order valence-electron chi connectivity index (χ3n) is 5.33. The molecule has 1 aromatic heterocycles. The van der Waals surface area contributed by atoms with Crippen molar-refractivity contribution in [1.29, 1.82) is 0 Å². The van der Waals surface area contributed by atoms with Gasteiger partial charge in [0, 0.05) is 25.0 Å². The van der Waals surface area contributed by atoms with E-state index in [0.717, 1.165) is 43.0 Å². The van der Waals surface area contributed by atoms with Crippen LogP contribution in [0.15, 0.2) is 41.5 Å². The standard InChI is InChI=1S/C21H27N5.HI/c22-21(25-19-9-5-7-17-6-1-2-8-18(17)19)24-15-16-10-11-23-20(14-16)26-12-3-4-13-26;/h5,7,9-11,14H,1-4,6,8,12-13,15H2,(H3,22,24,25);1H. The van der Waals surface area contributed by atoms with Crippen molar-refractivity contribution in [1.82, 2.24) is 4.98 Å². The van der Waals surface area contributed by atoms with Gasteiger partial charge in [0.15, 0.2) is 5.96 Å². The lowest BCUT2D eigenvalue weighted by atomic mass is 9.90. The zero-order chi connectivity index (χ0) is 17.8. The van der Waals surface area contributed by atoms with Gasteiger partial charge in [-0.2, -0.15) is 0 Å². The third-order valence-corrected chi connectivity index (χ3v) is 5.33. The summed E-state index contributed by atoms with van der Waals surface area (Å²) in [6, 6.07) is 10.6. The minimum atomic E-state index is 0. The molecule has 27 heavy (non-hydrogen) atoms. The maximum absolute atomic E-state index is 6.16. The Labute approximate surface area is 178 Å². The maximum Gasteiger partial charge on any atom is 0.193 e. The van der Waals surface area contributed by atoms with Gasteiger partial charge in [-0.1, -0.05) is 12.1 Å². The highest BCUT2D eigenvalue weighted by atomic mass is 127. The van der Waals surface area contributed by atoms with E-state index in [9.17, 15) is 0 Å². The van der Waals surface area contributed by atoms with E-state index in [1.165, 1.54) is 36.8 Å². The number of nitrogens with one attached hydrogen (secondary N) is 1. The number of guanidine groups is 1. The van der Waals surface area contributed by atoms with Crippen LogP contribution in [0.1, 0.15) is 42.4 Å². The SMILES string of the molecule is I.NC(=NCc1ccnc(N2CCCC2)c1)Nc1cccc2c1CCCC2. The van der Waals surface area contributed by atoms with Crippen LogP contribution < -0.4 is 16.0 Å². The summed E-state index contributed by atoms with van der Waals surface area (Å²) in [5.41, 5.74) is 11.3. The first-order valence-electron chi connectivity index (χ1n) is 9.67. The lowest BCUT2D eigenvalue weighted by Gasteiger charge is -2.20. The molecule has 0 amide bonds. The minimum absolute atomic E-state index is 0. The number of hydrogen-bond donors (Lipinski definition) is 2. The Morgan fingerprint density at radius 1 is 1.11 bits per heavy atom. The summed E-state index contributed by atoms with van der Waals surface area (Å²) in [5.74, 6) is 1.53. The lowest BCUT2D eigenvalue weighted by molar-refractivity contribution is 0.687. The zero-order valence-corrected chi connectivity index (χ0v) is 18.0. The van der Waals surface area contributed by atoms with Gasteiger partial charge in [0.05, 0.1) is 6.54 Å². The molecule has 2 heterocycles. The number of pyridine rings is 1. The Balaban J connectivity index is 0.00000210. The normalized spacial score (nSPS) is 16.6. The second-order valence-corrected chi connectivity index (χ2v) is 7.19. The van der Waals surface area contributed by atoms with Crippen LogP contribution in [0.3, 0.4) is 0 Å². The average Bonchev–Trinajstić information content (AvgIpc) is 3.22. The van der Waals surface area contributed by atoms with Gasteiger partial charge in [0.2, 0.25) is 0 Å². The van der Waals surface area contributed by atoms with E-state index in [-0.39, 0.29) is 24.0 Å². The molecule has 1 saturated heterocycles. The van der Waals surface area contributed by atoms with Gasteiger partial charge < -0.3 is 16.0 Å². The van der Waals surface area contributed by atoms with E-state index in [0.29, 0.717) is 12.5 Å². The Kier molecular flexibility index (Phi) is 6.93. The molecule has 1 aliphatic heterocycles. The fourth-order valence-corrected chi connectivity index (χ4v) is 3.93. The maximum atomic E-state index is 6.16. The number of halogens is 1. The number of nitrogens with two attached hydrogens (primary N) is 1. The molecule has 0 bridgehead atoms. The molecular weight excluding hydrogens is 449 g/mol. The van der Waals surface area contributed by atoms with Gasteiger partial charge in [-0.3, -0.25) is 0 Å². The zero-order valence-electron chi connectivity index (χ0n) is 15.7. The molecule has 3 N–H and O–H groups in total. The predicted octanol–water partition coefficient (Wildman–Crippen LogP) is 4.11. The highest BCUT2D eigenvalue weighted by Crippen LogP contribution is 2.27. The summed E-state index contributed by atoms with van der Waals surface area (Å²) in [7, 11) is 0. The number of rotatable bonds is 4. The molecule has 0 radical (unpaired) electrons. The molecule has 1 fully saturated rings. The van der Waals surface area contributed by atoms with Crippen LogP contribution in [-0.2, 0) is 19.4 Å². The first kappa shape index (κ1) is 19.9. The number of aromatic nitrogens is 1. The van der Waals surface area contributed by atoms with E-state index in [4.69, 9.17) is 5.73 Å². The highest BCUT2D eigenvalue weighted by molar-refractivity contribution is 14.0. The Bertz CT molecular complexity index is 799. The van der Waals surface area contributed by atoms with E-state index in [1.807, 2.05) is 12.3 Å². The molecule has 0 saturated carbocycles. The molecule has 144 valence electrons. The Morgan fingerprint density at radius 3 is 2.78 bits per heavy atom. The highest BCUT2D eigenvalue weighted by Gasteiger charge is 2.14. The number of anilines is 2. The molecule has 5 nitrogen and oxygen atoms in total. The van der Waals surface area contributed by atoms with Gasteiger partial charge in [-0.05, 0) is 73.4 Å². The molecule has 2 aliphatic rings. The summed E-state index contributed by atoms with van der Waals surface area (Å²) in [4.78, 5) is 11.4. The molecule has 0 atom stereocenters. The molecule has 6 heteroatoms. The number of aliphatic imine (C=N–C) groups is 1. The summed E-state index contributed by atoms with van der Waals surface area (Å²) in [5, 5.41) is 3.31. The first-order valence-corrected chi connectivity index (χ1v) is 9.67. The second-order valence-electron chi connectivity index (χ2n) is 7.19. The summed E-state index contributed by atoms with van der Waals surface area (Å²) >= 11 is 0. The number of aryl methyl sites for hydroxylation is 1. The monoisotopic (exact) mass is 477 g/mol. The van der Waals surface area contributed by atoms with E-state index < -0.39 is 0 Å². The van der Waals surface area contributed by atoms with Gasteiger partial charge in [-0.15, -0.1) is 24.0 Å². The molecule has 1 aliphatic carbocycles. The number of nitrogens with zero attached hydrogens (tertiary/aromatic N) is 3. The van der Waals surface area contributed by atoms with Crippen LogP contribution in [0, 0.1) is 0 Å². The molecule has 2 aromatic rings. The number of fused-ring (bicyclic) bond motifs is 1. The van der Waals surface area contributed by atoms with Crippen LogP contribution >= 0.6 is 24.0 Å². The summed E-state index contributed by atoms with van der Waals surface area (Å²) < 4.78 is 0. The topological polar surface area (TPSA) is 66.5 Å². The largest absolute Gasteiger partial charge is 0.370 e. The summed E-state index contributed by atoms with van der Waals surface area (Å²) in [6.45, 7) is 2.77. The van der Waals surface area contributed by atoms with Crippen LogP contribution in [0.2, 0.25) is 0 Å². The quantitative estimate of drug-likeness (QED) is 0.395. The summed E-state index contributed by atoms with van der Waals surface area (Å²) in [6.07, 6.45) is 9.19. The van der Waals surface area contributed by atoms with Crippen LogP contribution in [0.4, 0.5) is 11.5 Å². The lowest BCUT2D eigenvalue weighted by Crippen LogP contribution is -2.24. The molecule has 0 unspecified atom stereocenters. The van der Waals surface area contributed by atoms with Crippen molar-refractivity contribution in [3.05, 3.63) is 53.2 Å². The van der Waals surface area contributed by atoms with Gasteiger partial charge >= 0.3 is 0 Å². The van der Waals surface area contributed by atoms with Gasteiger partial charge in [0.25, 0.3) is 0 Å². The molecule has 4 rings (SSSR count). The van der Waals surface area contributed by atoms with Crippen LogP contribution in [0.25, 0.3) is 0 Å². The number of hydrogen-bond acceptors (Lipinski definition) is 3. The van der Waals surface area contributed by atoms with Crippen molar-refractivity contribution in [3.8, 4) is 0 Å². The van der Waals surface area contributed by atoms with Crippen molar-refractivity contribution in [3.63, 3.8) is 0 Å². The van der Waals surface area contributed by atoms with Crippen LogP contribution in [-0.4, -0.2) is 24.0 Å². The number of benzene rings is 1.